The van der Waals surface area contributed by atoms with E-state index in [9.17, 15) is 4.79 Å². The number of aromatic nitrogens is 2. The maximum Gasteiger partial charge on any atom is 0.224 e. The maximum absolute atomic E-state index is 11.7. The number of carbonyl (C=O) groups excluding carboxylic acids is 1. The molecular formula is C15H19N3O. The summed E-state index contributed by atoms with van der Waals surface area (Å²) < 4.78 is 1.79. The molecule has 0 bridgehead atoms. The average molecular weight is 257 g/mol. The zero-order chi connectivity index (χ0) is 13.5. The zero-order valence-corrected chi connectivity index (χ0v) is 11.2. The van der Waals surface area contributed by atoms with Gasteiger partial charge in [-0.25, -0.2) is 4.68 Å². The van der Waals surface area contributed by atoms with E-state index in [4.69, 9.17) is 0 Å². The molecule has 1 amide bonds. The molecule has 0 atom stereocenters. The Morgan fingerprint density at radius 2 is 2.11 bits per heavy atom. The fraction of sp³-hybridized carbons (Fsp3) is 0.333. The zero-order valence-electron chi connectivity index (χ0n) is 11.2. The molecule has 2 rings (SSSR count). The van der Waals surface area contributed by atoms with Gasteiger partial charge in [0.15, 0.2) is 0 Å². The summed E-state index contributed by atoms with van der Waals surface area (Å²) in [6, 6.07) is 9.87. The van der Waals surface area contributed by atoms with Crippen molar-refractivity contribution in [1.29, 1.82) is 0 Å². The van der Waals surface area contributed by atoms with Crippen LogP contribution in [0.2, 0.25) is 0 Å². The lowest BCUT2D eigenvalue weighted by Crippen LogP contribution is -2.25. The van der Waals surface area contributed by atoms with Crippen LogP contribution < -0.4 is 5.32 Å². The first-order chi connectivity index (χ1) is 9.29. The molecule has 0 aliphatic heterocycles. The van der Waals surface area contributed by atoms with Crippen molar-refractivity contribution in [2.45, 2.75) is 26.2 Å². The van der Waals surface area contributed by atoms with Crippen molar-refractivity contribution < 1.29 is 4.79 Å². The Bertz CT molecular complexity index is 519. The fourth-order valence-corrected chi connectivity index (χ4v) is 1.83. The number of hydrogen-bond donors (Lipinski definition) is 1. The molecule has 1 heterocycles. The number of nitrogens with one attached hydrogen (secondary N) is 1. The van der Waals surface area contributed by atoms with Crippen LogP contribution in [0, 0.1) is 0 Å². The largest absolute Gasteiger partial charge is 0.356 e. The Labute approximate surface area is 113 Å². The van der Waals surface area contributed by atoms with Gasteiger partial charge in [0, 0.05) is 12.7 Å². The highest BCUT2D eigenvalue weighted by atomic mass is 16.1. The molecule has 1 aromatic carbocycles. The summed E-state index contributed by atoms with van der Waals surface area (Å²) in [6.45, 7) is 2.86. The van der Waals surface area contributed by atoms with Crippen LogP contribution in [0.4, 0.5) is 0 Å². The van der Waals surface area contributed by atoms with E-state index in [0.29, 0.717) is 6.42 Å². The molecule has 2 aromatic rings. The van der Waals surface area contributed by atoms with E-state index in [1.165, 1.54) is 0 Å². The molecule has 0 radical (unpaired) electrons. The normalized spacial score (nSPS) is 10.4. The number of benzene rings is 1. The van der Waals surface area contributed by atoms with Crippen molar-refractivity contribution in [3.63, 3.8) is 0 Å². The third kappa shape index (κ3) is 3.95. The van der Waals surface area contributed by atoms with E-state index in [1.54, 1.807) is 10.9 Å². The van der Waals surface area contributed by atoms with E-state index in [0.717, 1.165) is 30.6 Å². The van der Waals surface area contributed by atoms with Gasteiger partial charge in [0.2, 0.25) is 5.91 Å². The highest BCUT2D eigenvalue weighted by molar-refractivity contribution is 5.78. The predicted molar refractivity (Wildman–Crippen MR) is 75.2 cm³/mol. The number of nitrogens with zero attached hydrogens (tertiary/aromatic N) is 2. The van der Waals surface area contributed by atoms with Gasteiger partial charge >= 0.3 is 0 Å². The van der Waals surface area contributed by atoms with Crippen LogP contribution in [0.1, 0.15) is 25.3 Å². The number of rotatable bonds is 6. The van der Waals surface area contributed by atoms with E-state index in [-0.39, 0.29) is 5.91 Å². The highest BCUT2D eigenvalue weighted by Crippen LogP contribution is 2.07. The van der Waals surface area contributed by atoms with Crippen LogP contribution in [-0.4, -0.2) is 22.2 Å². The quantitative estimate of drug-likeness (QED) is 0.807. The third-order valence-corrected chi connectivity index (χ3v) is 2.87. The SMILES string of the molecule is CCCCNC(=O)Cc1cnn(-c2ccccc2)c1. The first kappa shape index (κ1) is 13.3. The second-order valence-corrected chi connectivity index (χ2v) is 4.51. The number of para-hydroxylation sites is 1. The van der Waals surface area contributed by atoms with E-state index >= 15 is 0 Å². The van der Waals surface area contributed by atoms with Crippen LogP contribution in [0.15, 0.2) is 42.7 Å². The molecule has 0 fully saturated rings. The Kier molecular flexibility index (Phi) is 4.72. The minimum Gasteiger partial charge on any atom is -0.356 e. The van der Waals surface area contributed by atoms with Gasteiger partial charge in [0.1, 0.15) is 0 Å². The van der Waals surface area contributed by atoms with E-state index in [1.807, 2.05) is 36.5 Å². The summed E-state index contributed by atoms with van der Waals surface area (Å²) in [5.41, 5.74) is 1.93. The van der Waals surface area contributed by atoms with Crippen LogP contribution in [0.5, 0.6) is 0 Å². The summed E-state index contributed by atoms with van der Waals surface area (Å²) in [5, 5.41) is 7.18. The van der Waals surface area contributed by atoms with Crippen molar-refractivity contribution in [3.05, 3.63) is 48.3 Å². The lowest BCUT2D eigenvalue weighted by Gasteiger charge is -2.02. The molecule has 1 N–H and O–H groups in total. The van der Waals surface area contributed by atoms with Crippen LogP contribution in [0.25, 0.3) is 5.69 Å². The summed E-state index contributed by atoms with van der Waals surface area (Å²) in [4.78, 5) is 11.7. The van der Waals surface area contributed by atoms with Gasteiger partial charge < -0.3 is 5.32 Å². The number of carbonyl (C=O) groups is 1. The Morgan fingerprint density at radius 3 is 2.84 bits per heavy atom. The van der Waals surface area contributed by atoms with Gasteiger partial charge in [-0.15, -0.1) is 0 Å². The fourth-order valence-electron chi connectivity index (χ4n) is 1.83. The van der Waals surface area contributed by atoms with Gasteiger partial charge in [-0.1, -0.05) is 31.5 Å². The van der Waals surface area contributed by atoms with Gasteiger partial charge in [-0.05, 0) is 24.1 Å². The molecule has 0 saturated heterocycles. The lowest BCUT2D eigenvalue weighted by molar-refractivity contribution is -0.120. The second kappa shape index (κ2) is 6.73. The minimum atomic E-state index is 0.0565. The Morgan fingerprint density at radius 1 is 1.32 bits per heavy atom. The lowest BCUT2D eigenvalue weighted by atomic mass is 10.2. The summed E-state index contributed by atoms with van der Waals surface area (Å²) in [5.74, 6) is 0.0565. The Hall–Kier alpha value is -2.10. The predicted octanol–water partition coefficient (Wildman–Crippen LogP) is 2.33. The third-order valence-electron chi connectivity index (χ3n) is 2.87. The van der Waals surface area contributed by atoms with Crippen LogP contribution in [-0.2, 0) is 11.2 Å². The molecule has 100 valence electrons. The highest BCUT2D eigenvalue weighted by Gasteiger charge is 2.05. The second-order valence-electron chi connectivity index (χ2n) is 4.51. The summed E-state index contributed by atoms with van der Waals surface area (Å²) in [6.07, 6.45) is 6.14. The number of amides is 1. The first-order valence-electron chi connectivity index (χ1n) is 6.65. The van der Waals surface area contributed by atoms with Gasteiger partial charge in [-0.2, -0.15) is 5.10 Å². The molecule has 1 aromatic heterocycles. The monoisotopic (exact) mass is 257 g/mol. The van der Waals surface area contributed by atoms with Crippen molar-refractivity contribution in [1.82, 2.24) is 15.1 Å². The summed E-state index contributed by atoms with van der Waals surface area (Å²) in [7, 11) is 0. The van der Waals surface area contributed by atoms with Gasteiger partial charge in [0.25, 0.3) is 0 Å². The number of hydrogen-bond acceptors (Lipinski definition) is 2. The van der Waals surface area contributed by atoms with Crippen molar-refractivity contribution in [2.24, 2.45) is 0 Å². The van der Waals surface area contributed by atoms with Crippen LogP contribution >= 0.6 is 0 Å². The van der Waals surface area contributed by atoms with Gasteiger partial charge in [0.05, 0.1) is 18.3 Å². The molecule has 0 spiro atoms. The molecule has 0 aliphatic rings. The minimum absolute atomic E-state index is 0.0565. The standard InChI is InChI=1S/C15H19N3O/c1-2-3-9-16-15(19)10-13-11-17-18(12-13)14-7-5-4-6-8-14/h4-8,11-12H,2-3,9-10H2,1H3,(H,16,19). The summed E-state index contributed by atoms with van der Waals surface area (Å²) >= 11 is 0. The molecule has 0 aliphatic carbocycles. The van der Waals surface area contributed by atoms with E-state index < -0.39 is 0 Å². The van der Waals surface area contributed by atoms with Crippen molar-refractivity contribution in [2.75, 3.05) is 6.54 Å². The smallest absolute Gasteiger partial charge is 0.224 e. The topological polar surface area (TPSA) is 46.9 Å². The molecule has 4 heteroatoms. The van der Waals surface area contributed by atoms with E-state index in [2.05, 4.69) is 17.3 Å². The first-order valence-corrected chi connectivity index (χ1v) is 6.65. The molecule has 0 unspecified atom stereocenters. The maximum atomic E-state index is 11.7. The number of unbranched alkanes of at least 4 members (excludes halogenated alkanes) is 1. The van der Waals surface area contributed by atoms with Gasteiger partial charge in [-0.3, -0.25) is 4.79 Å². The molecule has 0 saturated carbocycles. The molecular weight excluding hydrogens is 238 g/mol. The van der Waals surface area contributed by atoms with Crippen molar-refractivity contribution >= 4 is 5.91 Å². The molecule has 19 heavy (non-hydrogen) atoms. The van der Waals surface area contributed by atoms with Crippen molar-refractivity contribution in [3.8, 4) is 5.69 Å². The average Bonchev–Trinajstić information content (AvgIpc) is 2.88. The molecule has 4 nitrogen and oxygen atoms in total. The van der Waals surface area contributed by atoms with Crippen LogP contribution in [0.3, 0.4) is 0 Å². The Balaban J connectivity index is 1.93.